The van der Waals surface area contributed by atoms with Crippen LogP contribution in [-0.4, -0.2) is 38.1 Å². The number of carboxylic acids is 1. The number of pyridine rings is 1. The van der Waals surface area contributed by atoms with E-state index in [1.165, 1.54) is 0 Å². The first-order chi connectivity index (χ1) is 10.7. The average molecular weight is 319 g/mol. The Morgan fingerprint density at radius 1 is 1.39 bits per heavy atom. The molecule has 23 heavy (non-hydrogen) atoms. The van der Waals surface area contributed by atoms with Gasteiger partial charge >= 0.3 is 11.9 Å². The highest BCUT2D eigenvalue weighted by Crippen LogP contribution is 2.16. The lowest BCUT2D eigenvalue weighted by molar-refractivity contribution is -0.154. The van der Waals surface area contributed by atoms with Crippen LogP contribution in [0.2, 0.25) is 0 Å². The van der Waals surface area contributed by atoms with Gasteiger partial charge in [0.15, 0.2) is 0 Å². The summed E-state index contributed by atoms with van der Waals surface area (Å²) in [7, 11) is 0. The molecule has 0 spiro atoms. The molecule has 0 amide bonds. The number of fused-ring (bicyclic) bond motifs is 1. The molecule has 0 aliphatic heterocycles. The molecule has 2 rings (SSSR count). The van der Waals surface area contributed by atoms with E-state index in [0.29, 0.717) is 11.5 Å². The maximum Gasteiger partial charge on any atom is 0.320 e. The van der Waals surface area contributed by atoms with Gasteiger partial charge in [0.25, 0.3) is 0 Å². The van der Waals surface area contributed by atoms with Crippen molar-refractivity contribution in [3.05, 3.63) is 35.9 Å². The number of hydrogen-bond acceptors (Lipinski definition) is 5. The van der Waals surface area contributed by atoms with Crippen LogP contribution in [0.1, 0.15) is 32.3 Å². The molecule has 1 unspecified atom stereocenters. The largest absolute Gasteiger partial charge is 0.480 e. The first kappa shape index (κ1) is 17.0. The fraction of sp³-hybridized carbons (Fsp3) is 0.438. The van der Waals surface area contributed by atoms with Crippen LogP contribution in [-0.2, 0) is 27.2 Å². The van der Waals surface area contributed by atoms with Crippen molar-refractivity contribution < 1.29 is 19.4 Å². The number of carbonyl (C=O) groups excluding carboxylic acids is 1. The van der Waals surface area contributed by atoms with Crippen LogP contribution >= 0.6 is 0 Å². The van der Waals surface area contributed by atoms with Crippen LogP contribution in [0.4, 0.5) is 0 Å². The van der Waals surface area contributed by atoms with Gasteiger partial charge in [0, 0.05) is 12.6 Å². The Balaban J connectivity index is 2.30. The highest BCUT2D eigenvalue weighted by atomic mass is 16.6. The molecule has 0 aromatic carbocycles. The average Bonchev–Trinajstić information content (AvgIpc) is 2.75. The van der Waals surface area contributed by atoms with E-state index in [2.05, 4.69) is 4.98 Å². The highest BCUT2D eigenvalue weighted by Gasteiger charge is 2.21. The molecule has 7 nitrogen and oxygen atoms in total. The molecule has 2 aromatic heterocycles. The molecule has 124 valence electrons. The van der Waals surface area contributed by atoms with Gasteiger partial charge in [-0.1, -0.05) is 6.07 Å². The van der Waals surface area contributed by atoms with Crippen LogP contribution in [0.15, 0.2) is 24.4 Å². The third-order valence-corrected chi connectivity index (χ3v) is 3.15. The third-order valence-electron chi connectivity index (χ3n) is 3.15. The lowest BCUT2D eigenvalue weighted by Crippen LogP contribution is -2.32. The second-order valence-electron chi connectivity index (χ2n) is 6.34. The Kier molecular flexibility index (Phi) is 4.70. The highest BCUT2D eigenvalue weighted by molar-refractivity contribution is 5.75. The monoisotopic (exact) mass is 319 g/mol. The van der Waals surface area contributed by atoms with E-state index < -0.39 is 17.6 Å². The first-order valence-electron chi connectivity index (χ1n) is 7.32. The fourth-order valence-corrected chi connectivity index (χ4v) is 2.25. The quantitative estimate of drug-likeness (QED) is 0.801. The van der Waals surface area contributed by atoms with Crippen molar-refractivity contribution in [1.82, 2.24) is 9.38 Å². The fourth-order valence-electron chi connectivity index (χ4n) is 2.25. The number of aromatic nitrogens is 2. The van der Waals surface area contributed by atoms with Crippen molar-refractivity contribution in [3.63, 3.8) is 0 Å². The summed E-state index contributed by atoms with van der Waals surface area (Å²) in [6.45, 7) is 5.39. The number of nitrogens with zero attached hydrogens (tertiary/aromatic N) is 2. The van der Waals surface area contributed by atoms with Crippen molar-refractivity contribution in [1.29, 1.82) is 0 Å². The van der Waals surface area contributed by atoms with Gasteiger partial charge in [-0.3, -0.25) is 9.59 Å². The van der Waals surface area contributed by atoms with Gasteiger partial charge in [0.1, 0.15) is 23.9 Å². The van der Waals surface area contributed by atoms with E-state index in [-0.39, 0.29) is 18.8 Å². The number of hydrogen-bond donors (Lipinski definition) is 2. The molecule has 0 radical (unpaired) electrons. The first-order valence-corrected chi connectivity index (χ1v) is 7.32. The van der Waals surface area contributed by atoms with Crippen molar-refractivity contribution in [2.45, 2.75) is 45.3 Å². The van der Waals surface area contributed by atoms with Gasteiger partial charge in [0.05, 0.1) is 11.2 Å². The summed E-state index contributed by atoms with van der Waals surface area (Å²) in [5.74, 6) is -0.972. The number of esters is 1. The zero-order valence-corrected chi connectivity index (χ0v) is 13.4. The molecule has 1 atom stereocenters. The van der Waals surface area contributed by atoms with Crippen molar-refractivity contribution in [2.75, 3.05) is 0 Å². The Morgan fingerprint density at radius 2 is 2.09 bits per heavy atom. The van der Waals surface area contributed by atoms with Crippen LogP contribution in [0.5, 0.6) is 0 Å². The SMILES string of the molecule is CC(C)(C)OC(=O)Cc1nc(CC(N)C(=O)O)c2ccccn12. The summed E-state index contributed by atoms with van der Waals surface area (Å²) >= 11 is 0. The third kappa shape index (κ3) is 4.29. The summed E-state index contributed by atoms with van der Waals surface area (Å²) in [4.78, 5) is 27.4. The van der Waals surface area contributed by atoms with E-state index in [1.807, 2.05) is 18.2 Å². The molecule has 0 bridgehead atoms. The molecular weight excluding hydrogens is 298 g/mol. The Morgan fingerprint density at radius 3 is 2.70 bits per heavy atom. The molecule has 0 saturated heterocycles. The Labute approximate surface area is 134 Å². The summed E-state index contributed by atoms with van der Waals surface area (Å²) in [6, 6.07) is 4.41. The van der Waals surface area contributed by atoms with Gasteiger partial charge in [-0.25, -0.2) is 4.98 Å². The zero-order valence-electron chi connectivity index (χ0n) is 13.4. The van der Waals surface area contributed by atoms with E-state index in [9.17, 15) is 9.59 Å². The van der Waals surface area contributed by atoms with Crippen molar-refractivity contribution in [3.8, 4) is 0 Å². The predicted molar refractivity (Wildman–Crippen MR) is 84.1 cm³/mol. The van der Waals surface area contributed by atoms with Gasteiger partial charge in [0.2, 0.25) is 0 Å². The molecular formula is C16H21N3O4. The maximum absolute atomic E-state index is 12.0. The van der Waals surface area contributed by atoms with Crippen LogP contribution in [0, 0.1) is 0 Å². The van der Waals surface area contributed by atoms with E-state index in [4.69, 9.17) is 15.6 Å². The molecule has 0 fully saturated rings. The molecule has 7 heteroatoms. The predicted octanol–water partition coefficient (Wildman–Crippen LogP) is 1.17. The van der Waals surface area contributed by atoms with Crippen molar-refractivity contribution >= 4 is 17.5 Å². The van der Waals surface area contributed by atoms with Crippen LogP contribution in [0.3, 0.4) is 0 Å². The van der Waals surface area contributed by atoms with Crippen LogP contribution in [0.25, 0.3) is 5.52 Å². The van der Waals surface area contributed by atoms with Gasteiger partial charge in [-0.05, 0) is 32.9 Å². The molecule has 0 aliphatic rings. The van der Waals surface area contributed by atoms with E-state index >= 15 is 0 Å². The van der Waals surface area contributed by atoms with Crippen molar-refractivity contribution in [2.24, 2.45) is 5.73 Å². The number of ether oxygens (including phenoxy) is 1. The molecule has 2 heterocycles. The topological polar surface area (TPSA) is 107 Å². The van der Waals surface area contributed by atoms with Gasteiger partial charge in [-0.2, -0.15) is 0 Å². The number of imidazole rings is 1. The second-order valence-corrected chi connectivity index (χ2v) is 6.34. The summed E-state index contributed by atoms with van der Waals surface area (Å²) in [5.41, 5.74) is 6.32. The normalized spacial score (nSPS) is 13.0. The summed E-state index contributed by atoms with van der Waals surface area (Å²) in [6.07, 6.45) is 1.87. The van der Waals surface area contributed by atoms with E-state index in [0.717, 1.165) is 5.52 Å². The van der Waals surface area contributed by atoms with Crippen LogP contribution < -0.4 is 5.73 Å². The standard InChI is InChI=1S/C16H21N3O4/c1-16(2,3)23-14(20)9-13-18-11(8-10(17)15(21)22)12-6-4-5-7-19(12)13/h4-7,10H,8-9,17H2,1-3H3,(H,21,22). The maximum atomic E-state index is 12.0. The second kappa shape index (κ2) is 6.37. The smallest absolute Gasteiger partial charge is 0.320 e. The zero-order chi connectivity index (χ0) is 17.2. The minimum atomic E-state index is -1.09. The van der Waals surface area contributed by atoms with Gasteiger partial charge in [-0.15, -0.1) is 0 Å². The molecule has 0 saturated carbocycles. The number of rotatable bonds is 5. The summed E-state index contributed by atoms with van der Waals surface area (Å²) in [5, 5.41) is 8.96. The number of carboxylic acid groups (broad SMARTS) is 1. The van der Waals surface area contributed by atoms with Gasteiger partial charge < -0.3 is 20.0 Å². The Hall–Kier alpha value is -2.41. The molecule has 2 aromatic rings. The molecule has 0 aliphatic carbocycles. The number of nitrogens with two attached hydrogens (primary N) is 1. The number of carbonyl (C=O) groups is 2. The Bertz CT molecular complexity index is 730. The lowest BCUT2D eigenvalue weighted by atomic mass is 10.1. The minimum absolute atomic E-state index is 0.00472. The van der Waals surface area contributed by atoms with E-state index in [1.54, 1.807) is 31.4 Å². The minimum Gasteiger partial charge on any atom is -0.480 e. The number of aliphatic carboxylic acids is 1. The molecule has 3 N–H and O–H groups in total. The summed E-state index contributed by atoms with van der Waals surface area (Å²) < 4.78 is 7.07. The lowest BCUT2D eigenvalue weighted by Gasteiger charge is -2.19.